The van der Waals surface area contributed by atoms with Gasteiger partial charge in [-0.2, -0.15) is 0 Å². The second-order valence-corrected chi connectivity index (χ2v) is 7.81. The Hall–Kier alpha value is -2.54. The van der Waals surface area contributed by atoms with Crippen LogP contribution in [0.15, 0.2) is 48.5 Å². The van der Waals surface area contributed by atoms with Crippen molar-refractivity contribution in [2.24, 2.45) is 0 Å². The van der Waals surface area contributed by atoms with Crippen molar-refractivity contribution in [1.29, 1.82) is 0 Å². The van der Waals surface area contributed by atoms with Crippen molar-refractivity contribution in [3.05, 3.63) is 53.6 Å². The molecule has 1 unspecified atom stereocenters. The van der Waals surface area contributed by atoms with Gasteiger partial charge >= 0.3 is 0 Å². The van der Waals surface area contributed by atoms with Crippen LogP contribution in [0.25, 0.3) is 22.3 Å². The molecule has 0 spiro atoms. The molecule has 29 heavy (non-hydrogen) atoms. The van der Waals surface area contributed by atoms with Crippen LogP contribution in [0.3, 0.4) is 0 Å². The Bertz CT molecular complexity index is 1020. The maximum absolute atomic E-state index is 11.5. The van der Waals surface area contributed by atoms with E-state index in [1.54, 1.807) is 0 Å². The molecule has 1 aliphatic rings. The third-order valence-electron chi connectivity index (χ3n) is 5.34. The molecule has 7 heteroatoms. The van der Waals surface area contributed by atoms with E-state index in [1.165, 1.54) is 0 Å². The molecule has 1 aromatic heterocycles. The molecule has 1 fully saturated rings. The van der Waals surface area contributed by atoms with Crippen LogP contribution in [-0.2, 0) is 4.79 Å². The second kappa shape index (κ2) is 8.45. The highest BCUT2D eigenvalue weighted by atomic mass is 35.5. The predicted octanol–water partition coefficient (Wildman–Crippen LogP) is 3.16. The van der Waals surface area contributed by atoms with Crippen LogP contribution in [0.5, 0.6) is 0 Å². The molecule has 150 valence electrons. The first-order valence-electron chi connectivity index (χ1n) is 9.71. The Morgan fingerprint density at radius 1 is 1.00 bits per heavy atom. The molecule has 1 aliphatic heterocycles. The number of carbonyl (C=O) groups is 1. The lowest BCUT2D eigenvalue weighted by atomic mass is 10.1. The number of hydrogen-bond acceptors (Lipinski definition) is 6. The van der Waals surface area contributed by atoms with Gasteiger partial charge < -0.3 is 9.69 Å². The topological polar surface area (TPSA) is 52.6 Å². The number of benzene rings is 2. The Kier molecular flexibility index (Phi) is 5.76. The van der Waals surface area contributed by atoms with E-state index in [1.807, 2.05) is 61.5 Å². The zero-order valence-electron chi connectivity index (χ0n) is 16.6. The van der Waals surface area contributed by atoms with E-state index >= 15 is 0 Å². The summed E-state index contributed by atoms with van der Waals surface area (Å²) in [6.45, 7) is 3.17. The lowest BCUT2D eigenvalue weighted by molar-refractivity contribution is -0.117. The van der Waals surface area contributed by atoms with E-state index in [0.717, 1.165) is 54.7 Å². The maximum Gasteiger partial charge on any atom is 0.163 e. The summed E-state index contributed by atoms with van der Waals surface area (Å²) in [5.41, 5.74) is 1.72. The first-order chi connectivity index (χ1) is 14.1. The molecule has 0 N–H and O–H groups in total. The van der Waals surface area contributed by atoms with Gasteiger partial charge in [-0.3, -0.25) is 9.80 Å². The number of para-hydroxylation sites is 1. The highest BCUT2D eigenvalue weighted by molar-refractivity contribution is 6.33. The lowest BCUT2D eigenvalue weighted by Gasteiger charge is -2.40. The first-order valence-corrected chi connectivity index (χ1v) is 10.1. The van der Waals surface area contributed by atoms with Crippen molar-refractivity contribution in [3.8, 4) is 11.4 Å². The molecule has 0 saturated carbocycles. The van der Waals surface area contributed by atoms with Crippen molar-refractivity contribution >= 4 is 34.6 Å². The maximum atomic E-state index is 11.5. The van der Waals surface area contributed by atoms with Gasteiger partial charge in [0.2, 0.25) is 0 Å². The second-order valence-electron chi connectivity index (χ2n) is 7.40. The number of halogens is 1. The van der Waals surface area contributed by atoms with Crippen molar-refractivity contribution in [2.45, 2.75) is 6.17 Å². The number of fused-ring (bicyclic) bond motifs is 1. The number of hydrogen-bond donors (Lipinski definition) is 0. The number of aromatic nitrogens is 2. The van der Waals surface area contributed by atoms with Gasteiger partial charge in [-0.15, -0.1) is 0 Å². The average molecular weight is 410 g/mol. The van der Waals surface area contributed by atoms with Crippen LogP contribution in [0.1, 0.15) is 0 Å². The summed E-state index contributed by atoms with van der Waals surface area (Å²) in [6.07, 6.45) is 0.809. The Labute approximate surface area is 175 Å². The van der Waals surface area contributed by atoms with Crippen LogP contribution >= 0.6 is 11.6 Å². The van der Waals surface area contributed by atoms with Gasteiger partial charge in [0, 0.05) is 37.1 Å². The fourth-order valence-corrected chi connectivity index (χ4v) is 4.02. The smallest absolute Gasteiger partial charge is 0.163 e. The number of likely N-dealkylation sites (N-methyl/N-ethyl adjacent to an activating group) is 1. The summed E-state index contributed by atoms with van der Waals surface area (Å²) in [5, 5.41) is 1.66. The number of anilines is 1. The molecule has 0 amide bonds. The minimum atomic E-state index is -0.196. The number of piperazine rings is 1. The number of aldehydes is 1. The van der Waals surface area contributed by atoms with Gasteiger partial charge in [-0.25, -0.2) is 9.97 Å². The Morgan fingerprint density at radius 3 is 2.38 bits per heavy atom. The number of rotatable bonds is 5. The molecular formula is C22H24ClN5O. The van der Waals surface area contributed by atoms with Crippen LogP contribution in [0.2, 0.25) is 5.02 Å². The minimum absolute atomic E-state index is 0.196. The van der Waals surface area contributed by atoms with Gasteiger partial charge in [0.05, 0.1) is 10.5 Å². The summed E-state index contributed by atoms with van der Waals surface area (Å²) < 4.78 is 0. The fraction of sp³-hybridized carbons (Fsp3) is 0.318. The average Bonchev–Trinajstić information content (AvgIpc) is 2.74. The molecule has 1 saturated heterocycles. The molecule has 2 heterocycles. The van der Waals surface area contributed by atoms with E-state index in [2.05, 4.69) is 15.9 Å². The van der Waals surface area contributed by atoms with Gasteiger partial charge in [0.25, 0.3) is 0 Å². The lowest BCUT2D eigenvalue weighted by Crippen LogP contribution is -2.55. The monoisotopic (exact) mass is 409 g/mol. The molecule has 2 aromatic carbocycles. The van der Waals surface area contributed by atoms with Gasteiger partial charge in [-0.05, 0) is 38.4 Å². The quantitative estimate of drug-likeness (QED) is 0.603. The molecule has 4 rings (SSSR count). The highest BCUT2D eigenvalue weighted by Crippen LogP contribution is 2.31. The first kappa shape index (κ1) is 19.8. The van der Waals surface area contributed by atoms with Crippen LogP contribution in [0, 0.1) is 0 Å². The van der Waals surface area contributed by atoms with E-state index in [0.29, 0.717) is 10.8 Å². The molecular weight excluding hydrogens is 386 g/mol. The van der Waals surface area contributed by atoms with Crippen molar-refractivity contribution < 1.29 is 4.79 Å². The summed E-state index contributed by atoms with van der Waals surface area (Å²) in [4.78, 5) is 27.6. The third kappa shape index (κ3) is 3.96. The van der Waals surface area contributed by atoms with Crippen LogP contribution < -0.4 is 4.90 Å². The van der Waals surface area contributed by atoms with E-state index in [4.69, 9.17) is 21.6 Å². The van der Waals surface area contributed by atoms with Gasteiger partial charge in [0.1, 0.15) is 12.0 Å². The zero-order valence-corrected chi connectivity index (χ0v) is 17.4. The van der Waals surface area contributed by atoms with Gasteiger partial charge in [0.15, 0.2) is 12.1 Å². The van der Waals surface area contributed by atoms with Crippen molar-refractivity contribution in [2.75, 3.05) is 45.2 Å². The SMILES string of the molecule is CN(C)C(C=O)N1CCN(c2nc(-c3ccccc3Cl)nc3ccccc23)CC1. The fourth-order valence-electron chi connectivity index (χ4n) is 3.80. The number of nitrogens with zero attached hydrogens (tertiary/aromatic N) is 5. The zero-order chi connectivity index (χ0) is 20.4. The highest BCUT2D eigenvalue weighted by Gasteiger charge is 2.26. The standard InChI is InChI=1S/C22H24ClN5O/c1-26(2)20(15-29)27-11-13-28(14-12-27)22-17-8-4-6-10-19(17)24-21(25-22)16-7-3-5-9-18(16)23/h3-10,15,20H,11-14H2,1-2H3. The van der Waals surface area contributed by atoms with Crippen molar-refractivity contribution in [3.63, 3.8) is 0 Å². The largest absolute Gasteiger partial charge is 0.353 e. The molecule has 1 atom stereocenters. The normalized spacial score (nSPS) is 16.3. The van der Waals surface area contributed by atoms with Gasteiger partial charge in [-0.1, -0.05) is 35.9 Å². The summed E-state index contributed by atoms with van der Waals surface area (Å²) in [6, 6.07) is 15.7. The van der Waals surface area contributed by atoms with Crippen LogP contribution in [-0.4, -0.2) is 72.5 Å². The molecule has 0 aliphatic carbocycles. The predicted molar refractivity (Wildman–Crippen MR) is 117 cm³/mol. The Balaban J connectivity index is 1.69. The third-order valence-corrected chi connectivity index (χ3v) is 5.67. The summed E-state index contributed by atoms with van der Waals surface area (Å²) in [5.74, 6) is 1.54. The molecule has 0 radical (unpaired) electrons. The Morgan fingerprint density at radius 2 is 1.69 bits per heavy atom. The van der Waals surface area contributed by atoms with Crippen LogP contribution in [0.4, 0.5) is 5.82 Å². The van der Waals surface area contributed by atoms with Crippen molar-refractivity contribution in [1.82, 2.24) is 19.8 Å². The summed E-state index contributed by atoms with van der Waals surface area (Å²) >= 11 is 6.41. The molecule has 0 bridgehead atoms. The van der Waals surface area contributed by atoms with E-state index in [9.17, 15) is 4.79 Å². The van der Waals surface area contributed by atoms with E-state index in [-0.39, 0.29) is 6.17 Å². The van der Waals surface area contributed by atoms with E-state index < -0.39 is 0 Å². The molecule has 3 aromatic rings. The molecule has 6 nitrogen and oxygen atoms in total. The minimum Gasteiger partial charge on any atom is -0.353 e. The summed E-state index contributed by atoms with van der Waals surface area (Å²) in [7, 11) is 3.86. The number of carbonyl (C=O) groups excluding carboxylic acids is 1.